The fourth-order valence-corrected chi connectivity index (χ4v) is 4.50. The van der Waals surface area contributed by atoms with Crippen LogP contribution < -0.4 is 10.5 Å². The monoisotopic (exact) mass is 382 g/mol. The SMILES string of the molecule is Cc1ccc(O)cc1S(=O)(=O)N[C@H](c1ccccc1)[C@H](N)c1ccccc1. The first-order chi connectivity index (χ1) is 12.9. The fourth-order valence-electron chi connectivity index (χ4n) is 2.99. The quantitative estimate of drug-likeness (QED) is 0.609. The standard InChI is InChI=1S/C21H22N2O3S/c1-15-12-13-18(24)14-19(15)27(25,26)23-21(17-10-6-3-7-11-17)20(22)16-8-4-2-5-9-16/h2-14,20-21,23-24H,22H2,1H3/t20-,21-/m1/s1. The van der Waals surface area contributed by atoms with E-state index >= 15 is 0 Å². The van der Waals surface area contributed by atoms with Crippen LogP contribution in [0.15, 0.2) is 83.8 Å². The number of hydrogen-bond acceptors (Lipinski definition) is 4. The van der Waals surface area contributed by atoms with Crippen molar-refractivity contribution < 1.29 is 13.5 Å². The molecule has 0 saturated carbocycles. The number of sulfonamides is 1. The normalized spacial score (nSPS) is 13.9. The second-order valence-electron chi connectivity index (χ2n) is 6.40. The molecule has 140 valence electrons. The lowest BCUT2D eigenvalue weighted by Gasteiger charge is -2.26. The van der Waals surface area contributed by atoms with E-state index in [-0.39, 0.29) is 10.6 Å². The Bertz CT molecular complexity index is 1010. The van der Waals surface area contributed by atoms with Gasteiger partial charge in [0.1, 0.15) is 5.75 Å². The second-order valence-corrected chi connectivity index (χ2v) is 8.08. The fraction of sp³-hybridized carbons (Fsp3) is 0.143. The summed E-state index contributed by atoms with van der Waals surface area (Å²) in [6, 6.07) is 21.6. The first-order valence-corrected chi connectivity index (χ1v) is 10.0. The van der Waals surface area contributed by atoms with E-state index < -0.39 is 22.1 Å². The minimum Gasteiger partial charge on any atom is -0.508 e. The number of phenolic OH excluding ortho intramolecular Hbond substituents is 1. The summed E-state index contributed by atoms with van der Waals surface area (Å²) < 4.78 is 28.8. The lowest BCUT2D eigenvalue weighted by Crippen LogP contribution is -2.36. The molecule has 0 spiro atoms. The molecule has 3 rings (SSSR count). The highest BCUT2D eigenvalue weighted by atomic mass is 32.2. The van der Waals surface area contributed by atoms with Crippen LogP contribution in [0.4, 0.5) is 0 Å². The van der Waals surface area contributed by atoms with Crippen LogP contribution >= 0.6 is 0 Å². The molecule has 0 aliphatic rings. The Morgan fingerprint density at radius 2 is 1.44 bits per heavy atom. The summed E-state index contributed by atoms with van der Waals surface area (Å²) in [7, 11) is -3.90. The highest BCUT2D eigenvalue weighted by Crippen LogP contribution is 2.30. The number of aryl methyl sites for hydroxylation is 1. The van der Waals surface area contributed by atoms with Crippen LogP contribution in [-0.4, -0.2) is 13.5 Å². The van der Waals surface area contributed by atoms with Crippen molar-refractivity contribution in [3.63, 3.8) is 0 Å². The van der Waals surface area contributed by atoms with E-state index in [1.807, 2.05) is 60.7 Å². The number of hydrogen-bond donors (Lipinski definition) is 3. The van der Waals surface area contributed by atoms with Gasteiger partial charge in [0.15, 0.2) is 0 Å². The zero-order valence-corrected chi connectivity index (χ0v) is 15.7. The number of phenols is 1. The molecule has 4 N–H and O–H groups in total. The summed E-state index contributed by atoms with van der Waals surface area (Å²) in [6.07, 6.45) is 0. The van der Waals surface area contributed by atoms with E-state index in [0.717, 1.165) is 11.1 Å². The van der Waals surface area contributed by atoms with Gasteiger partial charge in [0.25, 0.3) is 0 Å². The van der Waals surface area contributed by atoms with Crippen LogP contribution in [0.3, 0.4) is 0 Å². The predicted molar refractivity (Wildman–Crippen MR) is 106 cm³/mol. The average molecular weight is 382 g/mol. The average Bonchev–Trinajstić information content (AvgIpc) is 2.69. The molecule has 0 fully saturated rings. The van der Waals surface area contributed by atoms with Gasteiger partial charge in [0.2, 0.25) is 10.0 Å². The molecular formula is C21H22N2O3S. The van der Waals surface area contributed by atoms with Crippen molar-refractivity contribution in [3.8, 4) is 5.75 Å². The zero-order chi connectivity index (χ0) is 19.4. The Morgan fingerprint density at radius 3 is 2.04 bits per heavy atom. The molecule has 27 heavy (non-hydrogen) atoms. The maximum atomic E-state index is 13.0. The van der Waals surface area contributed by atoms with Gasteiger partial charge < -0.3 is 10.8 Å². The van der Waals surface area contributed by atoms with Crippen LogP contribution in [0.2, 0.25) is 0 Å². The Balaban J connectivity index is 2.02. The zero-order valence-electron chi connectivity index (χ0n) is 14.9. The van der Waals surface area contributed by atoms with Crippen LogP contribution in [0.25, 0.3) is 0 Å². The molecule has 0 aliphatic heterocycles. The van der Waals surface area contributed by atoms with Gasteiger partial charge in [0.05, 0.1) is 17.0 Å². The highest BCUT2D eigenvalue weighted by Gasteiger charge is 2.28. The van der Waals surface area contributed by atoms with Crippen molar-refractivity contribution >= 4 is 10.0 Å². The Labute approximate surface area is 159 Å². The van der Waals surface area contributed by atoms with Gasteiger partial charge in [-0.15, -0.1) is 0 Å². The number of rotatable bonds is 6. The van der Waals surface area contributed by atoms with Crippen molar-refractivity contribution in [1.82, 2.24) is 4.72 Å². The minimum absolute atomic E-state index is 0.0312. The lowest BCUT2D eigenvalue weighted by atomic mass is 9.95. The topological polar surface area (TPSA) is 92.4 Å². The summed E-state index contributed by atoms with van der Waals surface area (Å²) in [4.78, 5) is 0.0312. The van der Waals surface area contributed by atoms with E-state index in [2.05, 4.69) is 4.72 Å². The Kier molecular flexibility index (Phi) is 5.60. The number of aromatic hydroxyl groups is 1. The van der Waals surface area contributed by atoms with Gasteiger partial charge in [0, 0.05) is 6.07 Å². The summed E-state index contributed by atoms with van der Waals surface area (Å²) in [5.41, 5.74) is 8.57. The molecule has 0 aliphatic carbocycles. The molecule has 0 aromatic heterocycles. The van der Waals surface area contributed by atoms with Gasteiger partial charge in [-0.1, -0.05) is 66.7 Å². The summed E-state index contributed by atoms with van der Waals surface area (Å²) in [5.74, 6) is -0.107. The van der Waals surface area contributed by atoms with Crippen LogP contribution in [0.1, 0.15) is 28.8 Å². The van der Waals surface area contributed by atoms with Gasteiger partial charge in [-0.2, -0.15) is 0 Å². The van der Waals surface area contributed by atoms with Crippen molar-refractivity contribution in [2.75, 3.05) is 0 Å². The minimum atomic E-state index is -3.90. The van der Waals surface area contributed by atoms with Crippen LogP contribution in [0, 0.1) is 6.92 Å². The number of nitrogens with one attached hydrogen (secondary N) is 1. The molecule has 0 heterocycles. The second kappa shape index (κ2) is 7.92. The smallest absolute Gasteiger partial charge is 0.241 e. The van der Waals surface area contributed by atoms with E-state index in [1.54, 1.807) is 13.0 Å². The summed E-state index contributed by atoms with van der Waals surface area (Å²) in [5, 5.41) is 9.72. The molecule has 0 saturated heterocycles. The van der Waals surface area contributed by atoms with Crippen LogP contribution in [0.5, 0.6) is 5.75 Å². The molecule has 3 aromatic carbocycles. The molecule has 0 radical (unpaired) electrons. The molecule has 0 bridgehead atoms. The predicted octanol–water partition coefficient (Wildman–Crippen LogP) is 3.42. The van der Waals surface area contributed by atoms with Crippen molar-refractivity contribution in [2.24, 2.45) is 5.73 Å². The van der Waals surface area contributed by atoms with E-state index in [4.69, 9.17) is 5.73 Å². The summed E-state index contributed by atoms with van der Waals surface area (Å²) >= 11 is 0. The van der Waals surface area contributed by atoms with E-state index in [9.17, 15) is 13.5 Å². The lowest BCUT2D eigenvalue weighted by molar-refractivity contribution is 0.471. The van der Waals surface area contributed by atoms with Gasteiger partial charge in [-0.3, -0.25) is 0 Å². The highest BCUT2D eigenvalue weighted by molar-refractivity contribution is 7.89. The number of nitrogens with two attached hydrogens (primary N) is 1. The van der Waals surface area contributed by atoms with Crippen molar-refractivity contribution in [1.29, 1.82) is 0 Å². The van der Waals surface area contributed by atoms with Gasteiger partial charge >= 0.3 is 0 Å². The van der Waals surface area contributed by atoms with Gasteiger partial charge in [-0.05, 0) is 29.7 Å². The molecule has 2 atom stereocenters. The van der Waals surface area contributed by atoms with E-state index in [1.165, 1.54) is 12.1 Å². The molecular weight excluding hydrogens is 360 g/mol. The largest absolute Gasteiger partial charge is 0.508 e. The van der Waals surface area contributed by atoms with Crippen molar-refractivity contribution in [2.45, 2.75) is 23.9 Å². The van der Waals surface area contributed by atoms with Crippen LogP contribution in [-0.2, 0) is 10.0 Å². The molecule has 6 heteroatoms. The molecule has 5 nitrogen and oxygen atoms in total. The molecule has 3 aromatic rings. The first kappa shape index (κ1) is 19.1. The maximum absolute atomic E-state index is 13.0. The number of benzene rings is 3. The van der Waals surface area contributed by atoms with Crippen molar-refractivity contribution in [3.05, 3.63) is 95.6 Å². The third-order valence-electron chi connectivity index (χ3n) is 4.45. The molecule has 0 unspecified atom stereocenters. The Morgan fingerprint density at radius 1 is 0.889 bits per heavy atom. The summed E-state index contributed by atoms with van der Waals surface area (Å²) in [6.45, 7) is 1.68. The third kappa shape index (κ3) is 4.36. The van der Waals surface area contributed by atoms with Gasteiger partial charge in [-0.25, -0.2) is 13.1 Å². The molecule has 0 amide bonds. The Hall–Kier alpha value is -2.67. The van der Waals surface area contributed by atoms with E-state index in [0.29, 0.717) is 5.56 Å². The first-order valence-electron chi connectivity index (χ1n) is 8.56. The third-order valence-corrected chi connectivity index (χ3v) is 6.03. The maximum Gasteiger partial charge on any atom is 0.241 e.